The fourth-order valence-electron chi connectivity index (χ4n) is 1.79. The Labute approximate surface area is 140 Å². The van der Waals surface area contributed by atoms with Crippen LogP contribution >= 0.6 is 22.6 Å². The number of nitro groups is 1. The number of rotatable bonds is 5. The number of carbonyl (C=O) groups is 1. The summed E-state index contributed by atoms with van der Waals surface area (Å²) in [4.78, 5) is 22.2. The van der Waals surface area contributed by atoms with Gasteiger partial charge in [0.1, 0.15) is 15.9 Å². The van der Waals surface area contributed by atoms with Gasteiger partial charge in [-0.3, -0.25) is 10.1 Å². The lowest BCUT2D eigenvalue weighted by Crippen LogP contribution is -2.06. The van der Waals surface area contributed by atoms with Crippen LogP contribution in [0.5, 0.6) is 5.75 Å². The fourth-order valence-corrected chi connectivity index (χ4v) is 2.46. The third-order valence-corrected chi connectivity index (χ3v) is 3.96. The maximum absolute atomic E-state index is 11.6. The average Bonchev–Trinajstić information content (AvgIpc) is 2.53. The summed E-state index contributed by atoms with van der Waals surface area (Å²) in [5.41, 5.74) is 0.814. The SMILES string of the molecule is COC(=O)c1cc(OCc2ccccc2)c(I)c([N+](=O)[O-])c1. The van der Waals surface area contributed by atoms with Gasteiger partial charge < -0.3 is 9.47 Å². The van der Waals surface area contributed by atoms with Crippen molar-refractivity contribution in [2.75, 3.05) is 7.11 Å². The van der Waals surface area contributed by atoms with E-state index in [-0.39, 0.29) is 23.6 Å². The highest BCUT2D eigenvalue weighted by atomic mass is 127. The molecule has 2 aromatic carbocycles. The lowest BCUT2D eigenvalue weighted by atomic mass is 10.2. The molecule has 114 valence electrons. The molecule has 0 aromatic heterocycles. The zero-order valence-electron chi connectivity index (χ0n) is 11.6. The van der Waals surface area contributed by atoms with E-state index in [1.807, 2.05) is 52.9 Å². The van der Waals surface area contributed by atoms with Crippen molar-refractivity contribution in [3.8, 4) is 5.75 Å². The van der Waals surface area contributed by atoms with E-state index in [1.54, 1.807) is 0 Å². The van der Waals surface area contributed by atoms with Crippen molar-refractivity contribution in [2.24, 2.45) is 0 Å². The second kappa shape index (κ2) is 7.21. The zero-order valence-corrected chi connectivity index (χ0v) is 13.8. The fraction of sp³-hybridized carbons (Fsp3) is 0.133. The molecule has 0 atom stereocenters. The molecule has 0 aliphatic rings. The molecule has 0 bridgehead atoms. The first kappa shape index (κ1) is 16.2. The molecule has 0 fully saturated rings. The molecular formula is C15H12INO5. The largest absolute Gasteiger partial charge is 0.488 e. The predicted molar refractivity (Wildman–Crippen MR) is 87.9 cm³/mol. The second-order valence-electron chi connectivity index (χ2n) is 4.33. The maximum Gasteiger partial charge on any atom is 0.338 e. The van der Waals surface area contributed by atoms with Gasteiger partial charge in [0.2, 0.25) is 0 Å². The van der Waals surface area contributed by atoms with Gasteiger partial charge in [-0.25, -0.2) is 4.79 Å². The molecule has 0 heterocycles. The number of ether oxygens (including phenoxy) is 2. The van der Waals surface area contributed by atoms with E-state index in [0.29, 0.717) is 3.57 Å². The van der Waals surface area contributed by atoms with Gasteiger partial charge in [-0.1, -0.05) is 30.3 Å². The van der Waals surface area contributed by atoms with E-state index in [1.165, 1.54) is 19.2 Å². The molecule has 22 heavy (non-hydrogen) atoms. The van der Waals surface area contributed by atoms with E-state index >= 15 is 0 Å². The van der Waals surface area contributed by atoms with Gasteiger partial charge in [-0.05, 0) is 34.2 Å². The minimum atomic E-state index is -0.649. The minimum absolute atomic E-state index is 0.0812. The number of methoxy groups -OCH3 is 1. The standard InChI is InChI=1S/C15H12INO5/c1-21-15(18)11-7-12(17(19)20)14(16)13(8-11)22-9-10-5-3-2-4-6-10/h2-8H,9H2,1H3. The number of hydrogen-bond donors (Lipinski definition) is 0. The van der Waals surface area contributed by atoms with E-state index < -0.39 is 10.9 Å². The smallest absolute Gasteiger partial charge is 0.338 e. The lowest BCUT2D eigenvalue weighted by molar-refractivity contribution is -0.385. The molecule has 0 N–H and O–H groups in total. The van der Waals surface area contributed by atoms with Crippen molar-refractivity contribution in [3.05, 3.63) is 67.3 Å². The van der Waals surface area contributed by atoms with E-state index in [9.17, 15) is 14.9 Å². The van der Waals surface area contributed by atoms with Crippen molar-refractivity contribution in [2.45, 2.75) is 6.61 Å². The Bertz CT molecular complexity index is 703. The summed E-state index contributed by atoms with van der Waals surface area (Å²) in [6, 6.07) is 12.0. The molecule has 2 rings (SSSR count). The number of halogens is 1. The van der Waals surface area contributed by atoms with Crippen LogP contribution in [-0.2, 0) is 11.3 Å². The molecule has 0 unspecified atom stereocenters. The van der Waals surface area contributed by atoms with Crippen LogP contribution in [-0.4, -0.2) is 18.0 Å². The third kappa shape index (κ3) is 3.73. The number of nitro benzene ring substituents is 1. The van der Waals surface area contributed by atoms with Crippen LogP contribution in [0.2, 0.25) is 0 Å². The second-order valence-corrected chi connectivity index (χ2v) is 5.41. The topological polar surface area (TPSA) is 78.7 Å². The van der Waals surface area contributed by atoms with Crippen molar-refractivity contribution in [1.82, 2.24) is 0 Å². The van der Waals surface area contributed by atoms with Crippen LogP contribution in [0.25, 0.3) is 0 Å². The minimum Gasteiger partial charge on any atom is -0.488 e. The molecule has 0 radical (unpaired) electrons. The highest BCUT2D eigenvalue weighted by Gasteiger charge is 2.21. The van der Waals surface area contributed by atoms with Crippen LogP contribution in [0.4, 0.5) is 5.69 Å². The van der Waals surface area contributed by atoms with Crippen LogP contribution in [0, 0.1) is 13.7 Å². The first-order chi connectivity index (χ1) is 10.5. The number of carbonyl (C=O) groups excluding carboxylic acids is 1. The van der Waals surface area contributed by atoms with Crippen LogP contribution in [0.1, 0.15) is 15.9 Å². The van der Waals surface area contributed by atoms with Gasteiger partial charge >= 0.3 is 5.97 Å². The molecule has 2 aromatic rings. The van der Waals surface area contributed by atoms with Crippen molar-refractivity contribution < 1.29 is 19.2 Å². The van der Waals surface area contributed by atoms with Gasteiger partial charge in [-0.15, -0.1) is 0 Å². The molecular weight excluding hydrogens is 401 g/mol. The molecule has 0 spiro atoms. The number of benzene rings is 2. The normalized spacial score (nSPS) is 10.1. The number of esters is 1. The van der Waals surface area contributed by atoms with Gasteiger partial charge in [0.05, 0.1) is 17.6 Å². The van der Waals surface area contributed by atoms with Crippen LogP contribution in [0.3, 0.4) is 0 Å². The maximum atomic E-state index is 11.6. The molecule has 0 aliphatic carbocycles. The molecule has 0 amide bonds. The first-order valence-electron chi connectivity index (χ1n) is 6.26. The van der Waals surface area contributed by atoms with Crippen molar-refractivity contribution in [1.29, 1.82) is 0 Å². The Morgan fingerprint density at radius 3 is 2.55 bits per heavy atom. The Hall–Kier alpha value is -2.16. The van der Waals surface area contributed by atoms with E-state index in [0.717, 1.165) is 5.56 Å². The van der Waals surface area contributed by atoms with Crippen LogP contribution in [0.15, 0.2) is 42.5 Å². The average molecular weight is 413 g/mol. The summed E-state index contributed by atoms with van der Waals surface area (Å²) >= 11 is 1.83. The monoisotopic (exact) mass is 413 g/mol. The van der Waals surface area contributed by atoms with E-state index in [2.05, 4.69) is 4.74 Å². The third-order valence-electron chi connectivity index (χ3n) is 2.87. The highest BCUT2D eigenvalue weighted by Crippen LogP contribution is 2.32. The lowest BCUT2D eigenvalue weighted by Gasteiger charge is -2.10. The van der Waals surface area contributed by atoms with Gasteiger partial charge in [0, 0.05) is 6.07 Å². The quantitative estimate of drug-likeness (QED) is 0.324. The predicted octanol–water partition coefficient (Wildman–Crippen LogP) is 3.57. The Morgan fingerprint density at radius 2 is 1.95 bits per heavy atom. The van der Waals surface area contributed by atoms with Gasteiger partial charge in [0.25, 0.3) is 5.69 Å². The molecule has 0 aliphatic heterocycles. The van der Waals surface area contributed by atoms with Gasteiger partial charge in [-0.2, -0.15) is 0 Å². The number of hydrogen-bond acceptors (Lipinski definition) is 5. The summed E-state index contributed by atoms with van der Waals surface area (Å²) in [5.74, 6) is -0.372. The molecule has 0 saturated heterocycles. The van der Waals surface area contributed by atoms with Crippen LogP contribution < -0.4 is 4.74 Å². The van der Waals surface area contributed by atoms with Crippen molar-refractivity contribution in [3.63, 3.8) is 0 Å². The zero-order chi connectivity index (χ0) is 16.1. The van der Waals surface area contributed by atoms with E-state index in [4.69, 9.17) is 4.74 Å². The van der Waals surface area contributed by atoms with Crippen molar-refractivity contribution >= 4 is 34.2 Å². The highest BCUT2D eigenvalue weighted by molar-refractivity contribution is 14.1. The summed E-state index contributed by atoms with van der Waals surface area (Å²) < 4.78 is 10.6. The summed E-state index contributed by atoms with van der Waals surface area (Å²) in [6.45, 7) is 0.249. The first-order valence-corrected chi connectivity index (χ1v) is 7.33. The molecule has 6 nitrogen and oxygen atoms in total. The summed E-state index contributed by atoms with van der Waals surface area (Å²) in [5, 5.41) is 11.1. The number of nitrogens with zero attached hydrogens (tertiary/aromatic N) is 1. The Balaban J connectivity index is 2.34. The van der Waals surface area contributed by atoms with Gasteiger partial charge in [0.15, 0.2) is 0 Å². The Morgan fingerprint density at radius 1 is 1.27 bits per heavy atom. The molecule has 0 saturated carbocycles. The summed E-state index contributed by atoms with van der Waals surface area (Å²) in [7, 11) is 1.22. The molecule has 7 heteroatoms. The Kier molecular flexibility index (Phi) is 5.31. The summed E-state index contributed by atoms with van der Waals surface area (Å²) in [6.07, 6.45) is 0.